The molecular weight excluding hydrogens is 413 g/mol. The fraction of sp³-hybridized carbons (Fsp3) is 0.125. The van der Waals surface area contributed by atoms with Gasteiger partial charge in [0.05, 0.1) is 13.1 Å². The van der Waals surface area contributed by atoms with Crippen LogP contribution in [-0.4, -0.2) is 35.7 Å². The Morgan fingerprint density at radius 2 is 1.00 bits per heavy atom. The van der Waals surface area contributed by atoms with Crippen molar-refractivity contribution in [2.75, 3.05) is 13.1 Å². The van der Waals surface area contributed by atoms with Gasteiger partial charge in [0, 0.05) is 23.6 Å². The molecule has 0 aliphatic heterocycles. The molecule has 2 rings (SSSR count). The maximum atomic E-state index is 9.54. The van der Waals surface area contributed by atoms with E-state index >= 15 is 0 Å². The second kappa shape index (κ2) is 15.3. The van der Waals surface area contributed by atoms with E-state index in [-0.39, 0.29) is 65.8 Å². The van der Waals surface area contributed by atoms with Gasteiger partial charge in [-0.2, -0.15) is 0 Å². The SMILES string of the molecule is Oc1ccccc1C=NCCN=Cc1ccccc1O.[Cl-].[Cl-].[Cl-].[Mn+3]. The van der Waals surface area contributed by atoms with Crippen molar-refractivity contribution in [1.29, 1.82) is 0 Å². The standard InChI is InChI=1S/C16H16N2O2.3ClH.Mn/c19-15-7-3-1-5-13(15)11-17-9-10-18-12-14-6-2-4-8-16(14)20;;;;/h1-8,11-12,19-20H,9-10H2;3*1H;/q;;;;+3/p-3. The summed E-state index contributed by atoms with van der Waals surface area (Å²) < 4.78 is 0. The Balaban J connectivity index is -0.00000110. The number of hydrogen-bond acceptors (Lipinski definition) is 4. The molecule has 0 spiro atoms. The Labute approximate surface area is 170 Å². The van der Waals surface area contributed by atoms with Crippen molar-refractivity contribution in [2.45, 2.75) is 0 Å². The first-order valence-electron chi connectivity index (χ1n) is 6.33. The van der Waals surface area contributed by atoms with Gasteiger partial charge in [0.15, 0.2) is 0 Å². The van der Waals surface area contributed by atoms with Gasteiger partial charge in [-0.3, -0.25) is 9.98 Å². The third kappa shape index (κ3) is 9.16. The molecule has 2 aromatic rings. The zero-order valence-corrected chi connectivity index (χ0v) is 15.9. The first-order chi connectivity index (χ1) is 9.77. The van der Waals surface area contributed by atoms with Crippen molar-refractivity contribution in [2.24, 2.45) is 9.98 Å². The minimum Gasteiger partial charge on any atom is -1.00 e. The Morgan fingerprint density at radius 1 is 0.667 bits per heavy atom. The molecule has 0 aliphatic carbocycles. The van der Waals surface area contributed by atoms with Crippen molar-refractivity contribution in [3.63, 3.8) is 0 Å². The quantitative estimate of drug-likeness (QED) is 0.282. The van der Waals surface area contributed by atoms with Crippen LogP contribution in [0, 0.1) is 0 Å². The number of nitrogens with zero attached hydrogens (tertiary/aromatic N) is 2. The monoisotopic (exact) mass is 428 g/mol. The summed E-state index contributed by atoms with van der Waals surface area (Å²) in [5.41, 5.74) is 1.38. The van der Waals surface area contributed by atoms with E-state index in [1.807, 2.05) is 12.1 Å². The number of hydrogen-bond donors (Lipinski definition) is 2. The van der Waals surface area contributed by atoms with E-state index in [4.69, 9.17) is 0 Å². The van der Waals surface area contributed by atoms with Crippen molar-refractivity contribution in [3.05, 3.63) is 59.7 Å². The molecule has 0 aromatic heterocycles. The molecule has 0 heterocycles. The van der Waals surface area contributed by atoms with Gasteiger partial charge in [0.1, 0.15) is 11.5 Å². The van der Waals surface area contributed by atoms with E-state index in [0.29, 0.717) is 24.2 Å². The number of para-hydroxylation sites is 2. The van der Waals surface area contributed by atoms with Gasteiger partial charge in [-0.05, 0) is 24.3 Å². The van der Waals surface area contributed by atoms with Crippen LogP contribution in [0.3, 0.4) is 0 Å². The van der Waals surface area contributed by atoms with Gasteiger partial charge in [-0.25, -0.2) is 0 Å². The number of rotatable bonds is 5. The molecule has 0 unspecified atom stereocenters. The largest absolute Gasteiger partial charge is 3.00 e. The van der Waals surface area contributed by atoms with E-state index < -0.39 is 0 Å². The summed E-state index contributed by atoms with van der Waals surface area (Å²) in [5.74, 6) is 0.433. The fourth-order valence-electron chi connectivity index (χ4n) is 1.63. The molecule has 0 radical (unpaired) electrons. The van der Waals surface area contributed by atoms with Crippen LogP contribution < -0.4 is 37.2 Å². The predicted octanol–water partition coefficient (Wildman–Crippen LogP) is -6.35. The molecular formula is C16H16Cl3MnN2O2. The Morgan fingerprint density at radius 3 is 1.33 bits per heavy atom. The number of aromatic hydroxyl groups is 2. The summed E-state index contributed by atoms with van der Waals surface area (Å²) >= 11 is 0. The Hall–Kier alpha value is -1.23. The molecule has 0 amide bonds. The van der Waals surface area contributed by atoms with Crippen LogP contribution in [0.1, 0.15) is 11.1 Å². The molecule has 0 bridgehead atoms. The van der Waals surface area contributed by atoms with Gasteiger partial charge in [-0.15, -0.1) is 0 Å². The first-order valence-corrected chi connectivity index (χ1v) is 6.33. The van der Waals surface area contributed by atoms with Crippen LogP contribution in [0.4, 0.5) is 0 Å². The summed E-state index contributed by atoms with van der Waals surface area (Å²) in [5, 5.41) is 19.1. The van der Waals surface area contributed by atoms with Crippen LogP contribution in [0.2, 0.25) is 0 Å². The maximum Gasteiger partial charge on any atom is 3.00 e. The number of phenols is 2. The van der Waals surface area contributed by atoms with Crippen molar-refractivity contribution in [3.8, 4) is 11.5 Å². The van der Waals surface area contributed by atoms with Crippen molar-refractivity contribution < 1.29 is 64.5 Å². The molecule has 0 atom stereocenters. The Kier molecular flexibility index (Phi) is 17.6. The van der Waals surface area contributed by atoms with Gasteiger partial charge in [0.25, 0.3) is 0 Å². The van der Waals surface area contributed by atoms with E-state index in [0.717, 1.165) is 0 Å². The van der Waals surface area contributed by atoms with Crippen LogP contribution in [0.5, 0.6) is 11.5 Å². The predicted molar refractivity (Wildman–Crippen MR) is 81.1 cm³/mol. The summed E-state index contributed by atoms with van der Waals surface area (Å²) in [6, 6.07) is 14.1. The zero-order chi connectivity index (χ0) is 14.2. The number of phenolic OH excluding ortho intramolecular Hbond substituents is 2. The molecule has 2 aromatic carbocycles. The van der Waals surface area contributed by atoms with E-state index in [9.17, 15) is 10.2 Å². The van der Waals surface area contributed by atoms with E-state index in [1.165, 1.54) is 0 Å². The molecule has 24 heavy (non-hydrogen) atoms. The average Bonchev–Trinajstić information content (AvgIpc) is 2.46. The Bertz CT molecular complexity index is 585. The maximum absolute atomic E-state index is 9.54. The summed E-state index contributed by atoms with van der Waals surface area (Å²) in [6.45, 7) is 1.05. The fourth-order valence-corrected chi connectivity index (χ4v) is 1.63. The normalized spacial score (nSPS) is 9.50. The minimum absolute atomic E-state index is 0. The van der Waals surface area contributed by atoms with Gasteiger partial charge >= 0.3 is 17.1 Å². The topological polar surface area (TPSA) is 65.2 Å². The average molecular weight is 430 g/mol. The summed E-state index contributed by atoms with van der Waals surface area (Å²) in [7, 11) is 0. The molecule has 130 valence electrons. The number of aliphatic imine (C=N–C) groups is 2. The summed E-state index contributed by atoms with van der Waals surface area (Å²) in [4.78, 5) is 8.39. The number of benzene rings is 2. The van der Waals surface area contributed by atoms with Crippen molar-refractivity contribution in [1.82, 2.24) is 0 Å². The van der Waals surface area contributed by atoms with Crippen LogP contribution >= 0.6 is 0 Å². The minimum atomic E-state index is 0. The molecule has 0 fully saturated rings. The van der Waals surface area contributed by atoms with E-state index in [2.05, 4.69) is 9.98 Å². The van der Waals surface area contributed by atoms with Crippen LogP contribution in [0.25, 0.3) is 0 Å². The molecule has 0 saturated heterocycles. The first kappa shape index (κ1) is 27.6. The van der Waals surface area contributed by atoms with Crippen LogP contribution in [0.15, 0.2) is 58.5 Å². The zero-order valence-electron chi connectivity index (χ0n) is 12.5. The molecule has 2 N–H and O–H groups in total. The smallest absolute Gasteiger partial charge is 1.00 e. The van der Waals surface area contributed by atoms with E-state index in [1.54, 1.807) is 48.8 Å². The molecule has 4 nitrogen and oxygen atoms in total. The second-order valence-corrected chi connectivity index (χ2v) is 4.19. The van der Waals surface area contributed by atoms with Gasteiger partial charge < -0.3 is 47.4 Å². The number of halogens is 3. The summed E-state index contributed by atoms with van der Waals surface area (Å²) in [6.07, 6.45) is 3.26. The van der Waals surface area contributed by atoms with Gasteiger partial charge in [-0.1, -0.05) is 24.3 Å². The third-order valence-electron chi connectivity index (χ3n) is 2.69. The molecule has 8 heteroatoms. The molecule has 0 aliphatic rings. The molecule has 0 saturated carbocycles. The van der Waals surface area contributed by atoms with Crippen molar-refractivity contribution >= 4 is 12.4 Å². The van der Waals surface area contributed by atoms with Gasteiger partial charge in [0.2, 0.25) is 0 Å². The van der Waals surface area contributed by atoms with Crippen LogP contribution in [-0.2, 0) is 17.1 Å². The second-order valence-electron chi connectivity index (χ2n) is 4.19. The third-order valence-corrected chi connectivity index (χ3v) is 2.69.